The largest absolute Gasteiger partial charge is 0.465 e. The van der Waals surface area contributed by atoms with Gasteiger partial charge in [0, 0.05) is 19.3 Å². The van der Waals surface area contributed by atoms with Crippen LogP contribution in [0.15, 0.2) is 29.2 Å². The van der Waals surface area contributed by atoms with Crippen molar-refractivity contribution < 1.29 is 35.9 Å². The molecule has 1 saturated heterocycles. The lowest BCUT2D eigenvalue weighted by atomic mass is 10.1. The maximum absolute atomic E-state index is 13.0. The van der Waals surface area contributed by atoms with Gasteiger partial charge in [0.05, 0.1) is 17.6 Å². The Morgan fingerprint density at radius 3 is 2.44 bits per heavy atom. The van der Waals surface area contributed by atoms with Gasteiger partial charge in [0.1, 0.15) is 6.54 Å². The smallest absolute Gasteiger partial charge is 0.402 e. The minimum atomic E-state index is -4.72. The Kier molecular flexibility index (Phi) is 6.07. The third-order valence-electron chi connectivity index (χ3n) is 3.81. The van der Waals surface area contributed by atoms with Gasteiger partial charge >= 0.3 is 12.1 Å². The molecule has 0 spiro atoms. The molecule has 2 rings (SSSR count). The van der Waals surface area contributed by atoms with Crippen LogP contribution in [0.2, 0.25) is 0 Å². The second-order valence-corrected chi connectivity index (χ2v) is 7.36. The number of halogens is 3. The van der Waals surface area contributed by atoms with Gasteiger partial charge in [-0.05, 0) is 25.0 Å². The molecule has 0 unspecified atom stereocenters. The first-order valence-corrected chi connectivity index (χ1v) is 8.94. The van der Waals surface area contributed by atoms with E-state index >= 15 is 0 Å². The lowest BCUT2D eigenvalue weighted by Gasteiger charge is -2.34. The second kappa shape index (κ2) is 7.71. The Labute approximate surface area is 143 Å². The summed E-state index contributed by atoms with van der Waals surface area (Å²) in [4.78, 5) is 11.3. The number of hydrogen-bond donors (Lipinski definition) is 0. The first-order chi connectivity index (χ1) is 11.7. The number of alkyl halides is 3. The van der Waals surface area contributed by atoms with Gasteiger partial charge in [-0.25, -0.2) is 13.2 Å². The van der Waals surface area contributed by atoms with Crippen LogP contribution in [-0.4, -0.2) is 57.8 Å². The number of carbonyl (C=O) groups is 1. The first-order valence-electron chi connectivity index (χ1n) is 7.50. The Morgan fingerprint density at radius 1 is 1.28 bits per heavy atom. The number of carbonyl (C=O) groups excluding carboxylic acids is 1. The summed E-state index contributed by atoms with van der Waals surface area (Å²) in [5.74, 6) is -0.932. The standard InChI is InChI=1S/C15H18F3NO5S/c1-23-14(20)12-4-2-3-5-13(12)25(21,22)19(10-15(16,17)18)11-6-8-24-9-7-11/h2-5,11H,6-10H2,1H3. The molecule has 0 amide bonds. The van der Waals surface area contributed by atoms with Crippen molar-refractivity contribution in [3.05, 3.63) is 29.8 Å². The van der Waals surface area contributed by atoms with Crippen molar-refractivity contribution in [1.82, 2.24) is 4.31 Å². The molecule has 0 bridgehead atoms. The molecule has 0 atom stereocenters. The highest BCUT2D eigenvalue weighted by atomic mass is 32.2. The Bertz CT molecular complexity index is 714. The summed E-state index contributed by atoms with van der Waals surface area (Å²) >= 11 is 0. The predicted octanol–water partition coefficient (Wildman–Crippen LogP) is 2.21. The average molecular weight is 381 g/mol. The van der Waals surface area contributed by atoms with Crippen LogP contribution in [-0.2, 0) is 19.5 Å². The minimum absolute atomic E-state index is 0.149. The molecule has 0 N–H and O–H groups in total. The molecule has 140 valence electrons. The van der Waals surface area contributed by atoms with E-state index in [9.17, 15) is 26.4 Å². The molecule has 0 saturated carbocycles. The van der Waals surface area contributed by atoms with Gasteiger partial charge in [-0.1, -0.05) is 12.1 Å². The molecule has 0 radical (unpaired) electrons. The summed E-state index contributed by atoms with van der Waals surface area (Å²) in [5.41, 5.74) is -0.302. The Balaban J connectivity index is 2.49. The molecule has 0 aliphatic carbocycles. The maximum Gasteiger partial charge on any atom is 0.402 e. The SMILES string of the molecule is COC(=O)c1ccccc1S(=O)(=O)N(CC(F)(F)F)C1CCOCC1. The van der Waals surface area contributed by atoms with Crippen LogP contribution in [0.3, 0.4) is 0 Å². The van der Waals surface area contributed by atoms with Crippen molar-refractivity contribution in [3.63, 3.8) is 0 Å². The zero-order valence-corrected chi connectivity index (χ0v) is 14.3. The maximum atomic E-state index is 13.0. The van der Waals surface area contributed by atoms with E-state index in [2.05, 4.69) is 4.74 Å². The molecule has 0 aromatic heterocycles. The molecule has 10 heteroatoms. The van der Waals surface area contributed by atoms with E-state index in [1.807, 2.05) is 0 Å². The van der Waals surface area contributed by atoms with Crippen LogP contribution in [0, 0.1) is 0 Å². The van der Waals surface area contributed by atoms with Crippen LogP contribution in [0.5, 0.6) is 0 Å². The zero-order valence-electron chi connectivity index (χ0n) is 13.5. The number of hydrogen-bond acceptors (Lipinski definition) is 5. The van der Waals surface area contributed by atoms with Crippen LogP contribution in [0.1, 0.15) is 23.2 Å². The van der Waals surface area contributed by atoms with E-state index < -0.39 is 39.7 Å². The molecule has 6 nitrogen and oxygen atoms in total. The van der Waals surface area contributed by atoms with E-state index in [-0.39, 0.29) is 31.6 Å². The first kappa shape index (κ1) is 19.7. The lowest BCUT2D eigenvalue weighted by Crippen LogP contribution is -2.48. The van der Waals surface area contributed by atoms with Gasteiger partial charge < -0.3 is 9.47 Å². The van der Waals surface area contributed by atoms with Crippen molar-refractivity contribution >= 4 is 16.0 Å². The number of rotatable bonds is 5. The quantitative estimate of drug-likeness (QED) is 0.732. The number of nitrogens with zero attached hydrogens (tertiary/aromatic N) is 1. The molecule has 1 heterocycles. The summed E-state index contributed by atoms with van der Waals surface area (Å²) < 4.78 is 74.9. The highest BCUT2D eigenvalue weighted by Gasteiger charge is 2.42. The third-order valence-corrected chi connectivity index (χ3v) is 5.77. The zero-order chi connectivity index (χ0) is 18.7. The minimum Gasteiger partial charge on any atom is -0.465 e. The van der Waals surface area contributed by atoms with Gasteiger partial charge in [-0.3, -0.25) is 0 Å². The molecular formula is C15H18F3NO5S. The molecule has 1 aromatic carbocycles. The fourth-order valence-corrected chi connectivity index (χ4v) is 4.51. The predicted molar refractivity (Wildman–Crippen MR) is 81.6 cm³/mol. The number of methoxy groups -OCH3 is 1. The van der Waals surface area contributed by atoms with Gasteiger partial charge in [0.15, 0.2) is 0 Å². The second-order valence-electron chi connectivity index (χ2n) is 5.50. The van der Waals surface area contributed by atoms with Crippen LogP contribution >= 0.6 is 0 Å². The normalized spacial score (nSPS) is 16.8. The van der Waals surface area contributed by atoms with Crippen molar-refractivity contribution in [2.75, 3.05) is 26.9 Å². The van der Waals surface area contributed by atoms with Crippen LogP contribution in [0.4, 0.5) is 13.2 Å². The number of sulfonamides is 1. The van der Waals surface area contributed by atoms with Crippen molar-refractivity contribution in [1.29, 1.82) is 0 Å². The van der Waals surface area contributed by atoms with E-state index in [0.717, 1.165) is 13.2 Å². The van der Waals surface area contributed by atoms with E-state index in [0.29, 0.717) is 4.31 Å². The van der Waals surface area contributed by atoms with Gasteiger partial charge in [-0.15, -0.1) is 0 Å². The van der Waals surface area contributed by atoms with Crippen molar-refractivity contribution in [2.45, 2.75) is 30.0 Å². The molecular weight excluding hydrogens is 363 g/mol. The number of ether oxygens (including phenoxy) is 2. The van der Waals surface area contributed by atoms with Gasteiger partial charge in [-0.2, -0.15) is 17.5 Å². The highest BCUT2D eigenvalue weighted by molar-refractivity contribution is 7.89. The summed E-state index contributed by atoms with van der Waals surface area (Å²) in [7, 11) is -3.50. The summed E-state index contributed by atoms with van der Waals surface area (Å²) in [6.07, 6.45) is -4.42. The van der Waals surface area contributed by atoms with Gasteiger partial charge in [0.25, 0.3) is 0 Å². The topological polar surface area (TPSA) is 72.9 Å². The molecule has 1 fully saturated rings. The monoisotopic (exact) mass is 381 g/mol. The lowest BCUT2D eigenvalue weighted by molar-refractivity contribution is -0.141. The average Bonchev–Trinajstić information content (AvgIpc) is 2.59. The highest BCUT2D eigenvalue weighted by Crippen LogP contribution is 2.30. The summed E-state index contributed by atoms with van der Waals surface area (Å²) in [5, 5.41) is 0. The summed E-state index contributed by atoms with van der Waals surface area (Å²) in [6, 6.07) is 4.20. The van der Waals surface area contributed by atoms with Crippen molar-refractivity contribution in [2.24, 2.45) is 0 Å². The molecule has 25 heavy (non-hydrogen) atoms. The Hall–Kier alpha value is -1.65. The molecule has 1 aliphatic rings. The van der Waals surface area contributed by atoms with Crippen LogP contribution < -0.4 is 0 Å². The molecule has 1 aliphatic heterocycles. The fourth-order valence-electron chi connectivity index (χ4n) is 2.66. The number of esters is 1. The third kappa shape index (κ3) is 4.71. The van der Waals surface area contributed by atoms with E-state index in [4.69, 9.17) is 4.74 Å². The Morgan fingerprint density at radius 2 is 1.88 bits per heavy atom. The van der Waals surface area contributed by atoms with Gasteiger partial charge in [0.2, 0.25) is 10.0 Å². The summed E-state index contributed by atoms with van der Waals surface area (Å²) in [6.45, 7) is -1.28. The van der Waals surface area contributed by atoms with Crippen LogP contribution in [0.25, 0.3) is 0 Å². The number of benzene rings is 1. The molecule has 1 aromatic rings. The van der Waals surface area contributed by atoms with E-state index in [1.165, 1.54) is 18.2 Å². The van der Waals surface area contributed by atoms with Crippen molar-refractivity contribution in [3.8, 4) is 0 Å². The fraction of sp³-hybridized carbons (Fsp3) is 0.533. The van der Waals surface area contributed by atoms with E-state index in [1.54, 1.807) is 0 Å².